The van der Waals surface area contributed by atoms with E-state index in [0.717, 1.165) is 44.1 Å². The van der Waals surface area contributed by atoms with Crippen molar-refractivity contribution in [3.8, 4) is 11.5 Å². The highest BCUT2D eigenvalue weighted by molar-refractivity contribution is 5.68. The molecule has 0 aromatic carbocycles. The predicted molar refractivity (Wildman–Crippen MR) is 72.7 cm³/mol. The first-order valence-corrected chi connectivity index (χ1v) is 6.81. The van der Waals surface area contributed by atoms with Crippen LogP contribution in [0.2, 0.25) is 0 Å². The van der Waals surface area contributed by atoms with Gasteiger partial charge in [-0.15, -0.1) is 0 Å². The molecule has 2 aromatic heterocycles. The van der Waals surface area contributed by atoms with E-state index in [2.05, 4.69) is 24.9 Å². The Morgan fingerprint density at radius 2 is 2.10 bits per heavy atom. The van der Waals surface area contributed by atoms with Gasteiger partial charge in [-0.3, -0.25) is 14.8 Å². The molecule has 3 aliphatic rings. The molecule has 0 spiro atoms. The summed E-state index contributed by atoms with van der Waals surface area (Å²) in [4.78, 5) is 13.4. The zero-order valence-electron chi connectivity index (χ0n) is 11.1. The maximum absolute atomic E-state index is 5.89. The SMILES string of the molecule is Nc1cnccc1-c1nc(C2CN3CCN2CC3)no1. The summed E-state index contributed by atoms with van der Waals surface area (Å²) in [6.45, 7) is 5.40. The summed E-state index contributed by atoms with van der Waals surface area (Å²) in [6, 6.07) is 2.03. The predicted octanol–water partition coefficient (Wildman–Crippen LogP) is 0.386. The van der Waals surface area contributed by atoms with Crippen molar-refractivity contribution >= 4 is 5.69 Å². The zero-order chi connectivity index (χ0) is 13.5. The lowest BCUT2D eigenvalue weighted by Crippen LogP contribution is -2.57. The lowest BCUT2D eigenvalue weighted by molar-refractivity contribution is 0.00781. The third kappa shape index (κ3) is 1.86. The molecule has 0 aliphatic carbocycles. The molecule has 1 unspecified atom stereocenters. The van der Waals surface area contributed by atoms with Crippen molar-refractivity contribution < 1.29 is 4.52 Å². The van der Waals surface area contributed by atoms with Crippen LogP contribution in [0.1, 0.15) is 11.9 Å². The first-order chi connectivity index (χ1) is 9.81. The third-order valence-electron chi connectivity index (χ3n) is 4.10. The maximum Gasteiger partial charge on any atom is 0.260 e. The maximum atomic E-state index is 5.89. The number of pyridine rings is 1. The van der Waals surface area contributed by atoms with Gasteiger partial charge in [0.25, 0.3) is 5.89 Å². The van der Waals surface area contributed by atoms with Gasteiger partial charge in [0.1, 0.15) is 0 Å². The number of rotatable bonds is 2. The van der Waals surface area contributed by atoms with Gasteiger partial charge in [-0.1, -0.05) is 5.16 Å². The van der Waals surface area contributed by atoms with Gasteiger partial charge in [0.05, 0.1) is 23.5 Å². The molecule has 3 saturated heterocycles. The van der Waals surface area contributed by atoms with E-state index in [1.165, 1.54) is 0 Å². The van der Waals surface area contributed by atoms with Crippen LogP contribution in [0.5, 0.6) is 0 Å². The fourth-order valence-electron chi connectivity index (χ4n) is 2.94. The summed E-state index contributed by atoms with van der Waals surface area (Å²) in [7, 11) is 0. The summed E-state index contributed by atoms with van der Waals surface area (Å²) in [5.74, 6) is 1.22. The molecule has 104 valence electrons. The standard InChI is InChI=1S/C13H16N6O/c14-10-7-15-2-1-9(10)13-16-12(17-20-13)11-8-18-3-5-19(11)6-4-18/h1-2,7,11H,3-6,8,14H2. The molecule has 3 fully saturated rings. The highest BCUT2D eigenvalue weighted by atomic mass is 16.5. The van der Waals surface area contributed by atoms with Gasteiger partial charge in [-0.2, -0.15) is 4.98 Å². The van der Waals surface area contributed by atoms with Gasteiger partial charge in [0, 0.05) is 38.9 Å². The molecule has 7 heteroatoms. The van der Waals surface area contributed by atoms with Gasteiger partial charge < -0.3 is 10.3 Å². The number of aromatic nitrogens is 3. The molecule has 5 heterocycles. The summed E-state index contributed by atoms with van der Waals surface area (Å²) >= 11 is 0. The molecule has 7 nitrogen and oxygen atoms in total. The quantitative estimate of drug-likeness (QED) is 0.846. The summed E-state index contributed by atoms with van der Waals surface area (Å²) in [6.07, 6.45) is 3.27. The number of hydrogen-bond acceptors (Lipinski definition) is 7. The number of piperazine rings is 3. The molecule has 2 bridgehead atoms. The Morgan fingerprint density at radius 3 is 2.80 bits per heavy atom. The van der Waals surface area contributed by atoms with Crippen molar-refractivity contribution in [2.24, 2.45) is 0 Å². The van der Waals surface area contributed by atoms with E-state index < -0.39 is 0 Å². The van der Waals surface area contributed by atoms with Gasteiger partial charge in [-0.05, 0) is 6.07 Å². The number of nitrogen functional groups attached to an aromatic ring is 1. The van der Waals surface area contributed by atoms with Crippen LogP contribution in [0.3, 0.4) is 0 Å². The minimum Gasteiger partial charge on any atom is -0.397 e. The number of hydrogen-bond donors (Lipinski definition) is 1. The van der Waals surface area contributed by atoms with Crippen molar-refractivity contribution in [3.05, 3.63) is 24.3 Å². The number of nitrogens with zero attached hydrogens (tertiary/aromatic N) is 5. The third-order valence-corrected chi connectivity index (χ3v) is 4.10. The van der Waals surface area contributed by atoms with Crippen molar-refractivity contribution in [1.82, 2.24) is 24.9 Å². The molecule has 0 amide bonds. The van der Waals surface area contributed by atoms with Crippen LogP contribution in [0.4, 0.5) is 5.69 Å². The smallest absolute Gasteiger partial charge is 0.260 e. The lowest BCUT2D eigenvalue weighted by atomic mass is 10.1. The molecular weight excluding hydrogens is 256 g/mol. The van der Waals surface area contributed by atoms with Crippen LogP contribution in [-0.2, 0) is 0 Å². The van der Waals surface area contributed by atoms with Crippen molar-refractivity contribution in [3.63, 3.8) is 0 Å². The molecule has 20 heavy (non-hydrogen) atoms. The van der Waals surface area contributed by atoms with E-state index in [0.29, 0.717) is 11.6 Å². The largest absolute Gasteiger partial charge is 0.397 e. The monoisotopic (exact) mass is 272 g/mol. The normalized spacial score (nSPS) is 28.7. The van der Waals surface area contributed by atoms with Gasteiger partial charge in [-0.25, -0.2) is 0 Å². The second-order valence-corrected chi connectivity index (χ2v) is 5.27. The van der Waals surface area contributed by atoms with E-state index in [1.807, 2.05) is 0 Å². The van der Waals surface area contributed by atoms with Crippen molar-refractivity contribution in [2.45, 2.75) is 6.04 Å². The van der Waals surface area contributed by atoms with E-state index >= 15 is 0 Å². The Labute approximate surface area is 116 Å². The molecule has 0 saturated carbocycles. The van der Waals surface area contributed by atoms with Crippen LogP contribution in [0, 0.1) is 0 Å². The first kappa shape index (κ1) is 11.8. The Balaban J connectivity index is 1.64. The minimum atomic E-state index is 0.234. The van der Waals surface area contributed by atoms with Gasteiger partial charge >= 0.3 is 0 Å². The van der Waals surface area contributed by atoms with Gasteiger partial charge in [0.15, 0.2) is 5.82 Å². The molecule has 2 N–H and O–H groups in total. The summed E-state index contributed by atoms with van der Waals surface area (Å²) in [5, 5.41) is 4.15. The second-order valence-electron chi connectivity index (χ2n) is 5.27. The van der Waals surface area contributed by atoms with Crippen LogP contribution in [-0.4, -0.2) is 57.6 Å². The average Bonchev–Trinajstić information content (AvgIpc) is 2.98. The van der Waals surface area contributed by atoms with Crippen LogP contribution in [0.25, 0.3) is 11.5 Å². The van der Waals surface area contributed by atoms with Crippen LogP contribution in [0.15, 0.2) is 23.0 Å². The molecular formula is C13H16N6O. The molecule has 2 aromatic rings. The summed E-state index contributed by atoms with van der Waals surface area (Å²) < 4.78 is 5.38. The molecule has 1 atom stereocenters. The second kappa shape index (κ2) is 4.53. The fraction of sp³-hybridized carbons (Fsp3) is 0.462. The Hall–Kier alpha value is -1.99. The van der Waals surface area contributed by atoms with Gasteiger partial charge in [0.2, 0.25) is 0 Å². The zero-order valence-corrected chi connectivity index (χ0v) is 11.1. The Bertz CT molecular complexity index is 619. The highest BCUT2D eigenvalue weighted by Crippen LogP contribution is 2.29. The molecule has 5 rings (SSSR count). The Kier molecular flexibility index (Phi) is 2.68. The number of nitrogens with two attached hydrogens (primary N) is 1. The highest BCUT2D eigenvalue weighted by Gasteiger charge is 2.35. The fourth-order valence-corrected chi connectivity index (χ4v) is 2.94. The van der Waals surface area contributed by atoms with E-state index in [9.17, 15) is 0 Å². The van der Waals surface area contributed by atoms with E-state index in [-0.39, 0.29) is 6.04 Å². The summed E-state index contributed by atoms with van der Waals surface area (Å²) in [5.41, 5.74) is 7.19. The first-order valence-electron chi connectivity index (χ1n) is 6.81. The van der Waals surface area contributed by atoms with Crippen LogP contribution < -0.4 is 5.73 Å². The van der Waals surface area contributed by atoms with Crippen molar-refractivity contribution in [2.75, 3.05) is 38.5 Å². The Morgan fingerprint density at radius 1 is 1.25 bits per heavy atom. The minimum absolute atomic E-state index is 0.234. The average molecular weight is 272 g/mol. The van der Waals surface area contributed by atoms with E-state index in [1.54, 1.807) is 18.5 Å². The van der Waals surface area contributed by atoms with Crippen molar-refractivity contribution in [1.29, 1.82) is 0 Å². The lowest BCUT2D eigenvalue weighted by Gasteiger charge is -2.46. The topological polar surface area (TPSA) is 84.3 Å². The van der Waals surface area contributed by atoms with Crippen LogP contribution >= 0.6 is 0 Å². The van der Waals surface area contributed by atoms with E-state index in [4.69, 9.17) is 10.3 Å². The molecule has 0 radical (unpaired) electrons. The number of anilines is 1. The number of fused-ring (bicyclic) bond motifs is 3. The molecule has 3 aliphatic heterocycles.